The van der Waals surface area contributed by atoms with Crippen LogP contribution in [0.3, 0.4) is 0 Å². The highest BCUT2D eigenvalue weighted by atomic mass is 127. The second kappa shape index (κ2) is 12.6. The van der Waals surface area contributed by atoms with Crippen molar-refractivity contribution in [3.8, 4) is 5.75 Å². The second-order valence-electron chi connectivity index (χ2n) is 6.58. The number of rotatable bonds is 9. The average Bonchev–Trinajstić information content (AvgIpc) is 2.66. The first-order valence-electron chi connectivity index (χ1n) is 9.27. The third kappa shape index (κ3) is 9.68. The standard InChI is InChI=1S/C20H26F2N4O3S.HI/c1-4-23-20(24-13-16-7-5-6-8-18(16)25-30(3,27)28)26(2)14-15-9-11-17(12-10-15)29-19(21)22;/h5-12,19,25H,4,13-14H2,1-3H3,(H,23,24);1H. The molecule has 172 valence electrons. The molecule has 0 heterocycles. The molecule has 0 fully saturated rings. The first kappa shape index (κ1) is 26.9. The molecule has 0 radical (unpaired) electrons. The minimum Gasteiger partial charge on any atom is -0.435 e. The Morgan fingerprint density at radius 2 is 1.81 bits per heavy atom. The Hall–Kier alpha value is -2.15. The van der Waals surface area contributed by atoms with Gasteiger partial charge in [-0.3, -0.25) is 4.72 Å². The van der Waals surface area contributed by atoms with Crippen LogP contribution in [0, 0.1) is 0 Å². The number of sulfonamides is 1. The molecule has 0 spiro atoms. The topological polar surface area (TPSA) is 83.0 Å². The van der Waals surface area contributed by atoms with E-state index in [1.165, 1.54) is 12.1 Å². The summed E-state index contributed by atoms with van der Waals surface area (Å²) in [6.45, 7) is 0.495. The fraction of sp³-hybridized carbons (Fsp3) is 0.350. The molecule has 0 atom stereocenters. The molecule has 2 aromatic rings. The fourth-order valence-corrected chi connectivity index (χ4v) is 3.31. The minimum atomic E-state index is -3.40. The smallest absolute Gasteiger partial charge is 0.387 e. The number of benzene rings is 2. The van der Waals surface area contributed by atoms with Crippen molar-refractivity contribution in [2.45, 2.75) is 26.6 Å². The first-order valence-corrected chi connectivity index (χ1v) is 11.2. The number of nitrogens with one attached hydrogen (secondary N) is 2. The molecule has 0 saturated heterocycles. The number of nitrogens with zero attached hydrogens (tertiary/aromatic N) is 2. The lowest BCUT2D eigenvalue weighted by molar-refractivity contribution is -0.0498. The molecule has 0 aliphatic carbocycles. The Morgan fingerprint density at radius 1 is 1.16 bits per heavy atom. The van der Waals surface area contributed by atoms with Crippen molar-refractivity contribution in [2.24, 2.45) is 4.99 Å². The lowest BCUT2D eigenvalue weighted by Gasteiger charge is -2.22. The first-order chi connectivity index (χ1) is 14.2. The summed E-state index contributed by atoms with van der Waals surface area (Å²) in [7, 11) is -1.55. The van der Waals surface area contributed by atoms with E-state index in [1.54, 1.807) is 24.3 Å². The predicted octanol–water partition coefficient (Wildman–Crippen LogP) is 3.88. The maximum atomic E-state index is 12.3. The van der Waals surface area contributed by atoms with Crippen LogP contribution in [-0.2, 0) is 23.1 Å². The van der Waals surface area contributed by atoms with Gasteiger partial charge in [-0.2, -0.15) is 8.78 Å². The number of para-hydroxylation sites is 1. The number of guanidine groups is 1. The molecule has 11 heteroatoms. The van der Waals surface area contributed by atoms with Gasteiger partial charge in [-0.1, -0.05) is 30.3 Å². The van der Waals surface area contributed by atoms with Crippen LogP contribution in [0.1, 0.15) is 18.1 Å². The van der Waals surface area contributed by atoms with Gasteiger partial charge in [0.2, 0.25) is 10.0 Å². The second-order valence-corrected chi connectivity index (χ2v) is 8.33. The Bertz CT molecular complexity index is 957. The highest BCUT2D eigenvalue weighted by molar-refractivity contribution is 14.0. The van der Waals surface area contributed by atoms with E-state index in [4.69, 9.17) is 0 Å². The maximum absolute atomic E-state index is 12.3. The normalized spacial score (nSPS) is 11.6. The average molecular weight is 568 g/mol. The van der Waals surface area contributed by atoms with Crippen LogP contribution in [0.5, 0.6) is 5.75 Å². The van der Waals surface area contributed by atoms with Gasteiger partial charge in [0.1, 0.15) is 5.75 Å². The van der Waals surface area contributed by atoms with Gasteiger partial charge >= 0.3 is 6.61 Å². The molecule has 0 aromatic heterocycles. The number of aliphatic imine (C=N–C) groups is 1. The quantitative estimate of drug-likeness (QED) is 0.273. The Balaban J connectivity index is 0.00000480. The van der Waals surface area contributed by atoms with Crippen molar-refractivity contribution in [2.75, 3.05) is 24.6 Å². The van der Waals surface area contributed by atoms with Gasteiger partial charge in [-0.25, -0.2) is 13.4 Å². The molecule has 0 unspecified atom stereocenters. The van der Waals surface area contributed by atoms with E-state index in [2.05, 4.69) is 19.8 Å². The van der Waals surface area contributed by atoms with Crippen LogP contribution in [0.2, 0.25) is 0 Å². The zero-order chi connectivity index (χ0) is 22.1. The van der Waals surface area contributed by atoms with Crippen LogP contribution in [0.25, 0.3) is 0 Å². The number of hydrogen-bond acceptors (Lipinski definition) is 4. The van der Waals surface area contributed by atoms with Crippen LogP contribution in [0.15, 0.2) is 53.5 Å². The molecule has 2 N–H and O–H groups in total. The van der Waals surface area contributed by atoms with Gasteiger partial charge in [0, 0.05) is 20.1 Å². The van der Waals surface area contributed by atoms with Crippen molar-refractivity contribution in [3.05, 3.63) is 59.7 Å². The number of hydrogen-bond donors (Lipinski definition) is 2. The van der Waals surface area contributed by atoms with Gasteiger partial charge in [-0.05, 0) is 36.2 Å². The molecular weight excluding hydrogens is 541 g/mol. The molecule has 0 aliphatic rings. The highest BCUT2D eigenvalue weighted by Crippen LogP contribution is 2.18. The van der Waals surface area contributed by atoms with Gasteiger partial charge in [-0.15, -0.1) is 24.0 Å². The molecule has 2 aromatic carbocycles. The summed E-state index contributed by atoms with van der Waals surface area (Å²) in [5.41, 5.74) is 2.11. The molecule has 0 amide bonds. The third-order valence-corrected chi connectivity index (χ3v) is 4.57. The Kier molecular flexibility index (Phi) is 11.0. The summed E-state index contributed by atoms with van der Waals surface area (Å²) in [5, 5.41) is 3.19. The van der Waals surface area contributed by atoms with E-state index in [-0.39, 0.29) is 36.3 Å². The van der Waals surface area contributed by atoms with E-state index in [9.17, 15) is 17.2 Å². The molecule has 2 rings (SSSR count). The molecular formula is C20H27F2IN4O3S. The van der Waals surface area contributed by atoms with E-state index < -0.39 is 16.6 Å². The van der Waals surface area contributed by atoms with E-state index in [1.807, 2.05) is 31.0 Å². The molecule has 31 heavy (non-hydrogen) atoms. The van der Waals surface area contributed by atoms with Crippen molar-refractivity contribution in [1.29, 1.82) is 0 Å². The summed E-state index contributed by atoms with van der Waals surface area (Å²) in [5.74, 6) is 0.728. The lowest BCUT2D eigenvalue weighted by atomic mass is 10.2. The summed E-state index contributed by atoms with van der Waals surface area (Å²) < 4.78 is 54.5. The fourth-order valence-electron chi connectivity index (χ4n) is 2.71. The molecule has 7 nitrogen and oxygen atoms in total. The summed E-state index contributed by atoms with van der Waals surface area (Å²) in [6, 6.07) is 13.5. The molecule has 0 aliphatic heterocycles. The van der Waals surface area contributed by atoms with Crippen LogP contribution < -0.4 is 14.8 Å². The molecule has 0 saturated carbocycles. The number of halogens is 3. The number of ether oxygens (including phenoxy) is 1. The van der Waals surface area contributed by atoms with Crippen LogP contribution >= 0.6 is 24.0 Å². The number of anilines is 1. The van der Waals surface area contributed by atoms with Gasteiger partial charge in [0.25, 0.3) is 0 Å². The van der Waals surface area contributed by atoms with Crippen molar-refractivity contribution in [1.82, 2.24) is 10.2 Å². The highest BCUT2D eigenvalue weighted by Gasteiger charge is 2.10. The SMILES string of the molecule is CCNC(=NCc1ccccc1NS(C)(=O)=O)N(C)Cc1ccc(OC(F)F)cc1.I. The van der Waals surface area contributed by atoms with Crippen LogP contribution in [0.4, 0.5) is 14.5 Å². The van der Waals surface area contributed by atoms with Crippen molar-refractivity contribution in [3.63, 3.8) is 0 Å². The largest absolute Gasteiger partial charge is 0.435 e. The van der Waals surface area contributed by atoms with Gasteiger partial charge < -0.3 is 15.0 Å². The summed E-state index contributed by atoms with van der Waals surface area (Å²) in [4.78, 5) is 6.49. The monoisotopic (exact) mass is 568 g/mol. The summed E-state index contributed by atoms with van der Waals surface area (Å²) in [6.07, 6.45) is 1.10. The zero-order valence-corrected chi connectivity index (χ0v) is 20.7. The summed E-state index contributed by atoms with van der Waals surface area (Å²) >= 11 is 0. The van der Waals surface area contributed by atoms with Crippen molar-refractivity contribution >= 4 is 45.6 Å². The van der Waals surface area contributed by atoms with E-state index in [0.29, 0.717) is 24.7 Å². The minimum absolute atomic E-state index is 0. The predicted molar refractivity (Wildman–Crippen MR) is 130 cm³/mol. The van der Waals surface area contributed by atoms with E-state index >= 15 is 0 Å². The van der Waals surface area contributed by atoms with Gasteiger partial charge in [0.05, 0.1) is 18.5 Å². The Morgan fingerprint density at radius 3 is 2.39 bits per heavy atom. The maximum Gasteiger partial charge on any atom is 0.387 e. The molecule has 0 bridgehead atoms. The zero-order valence-electron chi connectivity index (χ0n) is 17.5. The van der Waals surface area contributed by atoms with E-state index in [0.717, 1.165) is 17.4 Å². The third-order valence-electron chi connectivity index (χ3n) is 3.98. The van der Waals surface area contributed by atoms with Gasteiger partial charge in [0.15, 0.2) is 5.96 Å². The Labute approximate surface area is 199 Å². The van der Waals surface area contributed by atoms with Crippen molar-refractivity contribution < 1.29 is 21.9 Å². The van der Waals surface area contributed by atoms with Crippen LogP contribution in [-0.4, -0.2) is 45.7 Å². The lowest BCUT2D eigenvalue weighted by Crippen LogP contribution is -2.38. The number of alkyl halides is 2.